The predicted molar refractivity (Wildman–Crippen MR) is 177 cm³/mol. The van der Waals surface area contributed by atoms with Crippen LogP contribution in [-0.2, 0) is 73.1 Å². The number of anilines is 1. The summed E-state index contributed by atoms with van der Waals surface area (Å²) < 4.78 is 43.4. The lowest BCUT2D eigenvalue weighted by molar-refractivity contribution is -0.206. The number of hydrogen-bond donors (Lipinski definition) is 0. The van der Waals surface area contributed by atoms with Crippen molar-refractivity contribution in [2.45, 2.75) is 84.1 Å². The van der Waals surface area contributed by atoms with E-state index in [-0.39, 0.29) is 32.4 Å². The van der Waals surface area contributed by atoms with E-state index in [9.17, 15) is 33.6 Å². The molecule has 1 aromatic carbocycles. The molecule has 3 rings (SSSR count). The maximum atomic E-state index is 13.7. The second kappa shape index (κ2) is 18.3. The normalized spacial score (nSPS) is 21.4. The highest BCUT2D eigenvalue weighted by Crippen LogP contribution is 2.39. The molecule has 52 heavy (non-hydrogen) atoms. The van der Waals surface area contributed by atoms with Crippen LogP contribution in [0, 0.1) is 12.3 Å². The molecule has 2 amide bonds. The number of carbonyl (C=O) groups is 7. The number of urea groups is 1. The number of carbonyl (C=O) groups excluding carboxylic acids is 7. The largest absolute Gasteiger partial charge is 0.464 e. The molecule has 17 nitrogen and oxygen atoms in total. The van der Waals surface area contributed by atoms with Crippen LogP contribution in [0.4, 0.5) is 10.5 Å². The van der Waals surface area contributed by atoms with Crippen molar-refractivity contribution in [2.75, 3.05) is 51.0 Å². The first-order valence-electron chi connectivity index (χ1n) is 16.6. The van der Waals surface area contributed by atoms with Crippen LogP contribution in [0.3, 0.4) is 0 Å². The van der Waals surface area contributed by atoms with Gasteiger partial charge in [-0.2, -0.15) is 0 Å². The molecule has 0 spiro atoms. The SMILES string of the molecule is C#C[C@@]1(OC(C)=O)[C@@H](COC(Cc2ccc(N3CCCN(CCOC(C)=O)C3=O)cc2)(C(=O)OCC)C(=O)OCC)OC(OC(C)=O)[C@@H]1OC(C)=O. The first-order chi connectivity index (χ1) is 24.6. The van der Waals surface area contributed by atoms with E-state index >= 15 is 0 Å². The minimum Gasteiger partial charge on any atom is -0.464 e. The maximum absolute atomic E-state index is 13.7. The zero-order chi connectivity index (χ0) is 38.6. The number of hydrogen-bond acceptors (Lipinski definition) is 15. The van der Waals surface area contributed by atoms with Crippen LogP contribution >= 0.6 is 0 Å². The van der Waals surface area contributed by atoms with Gasteiger partial charge in [-0.15, -0.1) is 6.42 Å². The third-order valence-corrected chi connectivity index (χ3v) is 7.93. The zero-order valence-electron chi connectivity index (χ0n) is 30.0. The summed E-state index contributed by atoms with van der Waals surface area (Å²) in [5, 5.41) is 0. The van der Waals surface area contributed by atoms with E-state index in [4.69, 9.17) is 44.3 Å². The van der Waals surface area contributed by atoms with Gasteiger partial charge in [-0.3, -0.25) is 24.1 Å². The third-order valence-electron chi connectivity index (χ3n) is 7.93. The Hall–Kier alpha value is -5.21. The average molecular weight is 733 g/mol. The van der Waals surface area contributed by atoms with Gasteiger partial charge in [0.15, 0.2) is 0 Å². The van der Waals surface area contributed by atoms with Gasteiger partial charge >= 0.3 is 41.8 Å². The van der Waals surface area contributed by atoms with Crippen molar-refractivity contribution in [1.29, 1.82) is 0 Å². The van der Waals surface area contributed by atoms with Crippen LogP contribution in [0.2, 0.25) is 0 Å². The van der Waals surface area contributed by atoms with Crippen LogP contribution in [0.15, 0.2) is 24.3 Å². The molecule has 17 heteroatoms. The fourth-order valence-corrected chi connectivity index (χ4v) is 5.74. The van der Waals surface area contributed by atoms with Gasteiger partial charge in [0.25, 0.3) is 5.60 Å². The monoisotopic (exact) mass is 732 g/mol. The number of terminal acetylenes is 1. The number of nitrogens with zero attached hydrogens (tertiary/aromatic N) is 2. The van der Waals surface area contributed by atoms with Crippen LogP contribution in [-0.4, -0.2) is 123 Å². The van der Waals surface area contributed by atoms with Crippen molar-refractivity contribution in [3.8, 4) is 12.3 Å². The number of ether oxygens (including phenoxy) is 8. The highest BCUT2D eigenvalue weighted by molar-refractivity contribution is 6.04. The van der Waals surface area contributed by atoms with Gasteiger partial charge in [0, 0.05) is 52.9 Å². The topological polar surface area (TPSA) is 200 Å². The van der Waals surface area contributed by atoms with Gasteiger partial charge in [0.05, 0.1) is 26.4 Å². The van der Waals surface area contributed by atoms with Crippen molar-refractivity contribution >= 4 is 47.5 Å². The average Bonchev–Trinajstić information content (AvgIpc) is 3.33. The van der Waals surface area contributed by atoms with E-state index in [1.165, 1.54) is 20.8 Å². The van der Waals surface area contributed by atoms with E-state index < -0.39 is 78.5 Å². The second-order valence-electron chi connectivity index (χ2n) is 11.7. The molecular weight excluding hydrogens is 688 g/mol. The summed E-state index contributed by atoms with van der Waals surface area (Å²) in [5.41, 5.74) is -3.83. The fraction of sp³-hybridized carbons (Fsp3) is 0.571. The molecule has 1 aromatic rings. The highest BCUT2D eigenvalue weighted by Gasteiger charge is 2.64. The highest BCUT2D eigenvalue weighted by atomic mass is 16.8. The van der Waals surface area contributed by atoms with Crippen molar-refractivity contribution in [3.63, 3.8) is 0 Å². The molecule has 0 aromatic heterocycles. The summed E-state index contributed by atoms with van der Waals surface area (Å²) in [7, 11) is 0. The molecule has 4 atom stereocenters. The minimum absolute atomic E-state index is 0.0572. The molecule has 1 unspecified atom stereocenters. The van der Waals surface area contributed by atoms with Gasteiger partial charge in [-0.05, 0) is 38.0 Å². The molecule has 2 fully saturated rings. The fourth-order valence-electron chi connectivity index (χ4n) is 5.74. The van der Waals surface area contributed by atoms with Crippen LogP contribution < -0.4 is 4.90 Å². The lowest BCUT2D eigenvalue weighted by Crippen LogP contribution is -2.57. The number of rotatable bonds is 16. The smallest absolute Gasteiger partial charge is 0.350 e. The molecule has 0 bridgehead atoms. The van der Waals surface area contributed by atoms with Gasteiger partial charge in [-0.25, -0.2) is 14.4 Å². The van der Waals surface area contributed by atoms with Crippen molar-refractivity contribution < 1.29 is 71.5 Å². The summed E-state index contributed by atoms with van der Waals surface area (Å²) in [6, 6.07) is 6.13. The number of amides is 2. The van der Waals surface area contributed by atoms with E-state index in [1.54, 1.807) is 34.1 Å². The summed E-state index contributed by atoms with van der Waals surface area (Å²) in [6.45, 7) is 7.57. The first-order valence-corrected chi connectivity index (χ1v) is 16.6. The van der Waals surface area contributed by atoms with Gasteiger partial charge < -0.3 is 42.8 Å². The molecule has 0 saturated carbocycles. The predicted octanol–water partition coefficient (Wildman–Crippen LogP) is 1.46. The van der Waals surface area contributed by atoms with Gasteiger partial charge in [0.2, 0.25) is 18.0 Å². The summed E-state index contributed by atoms with van der Waals surface area (Å²) in [6.07, 6.45) is 1.14. The minimum atomic E-state index is -2.49. The van der Waals surface area contributed by atoms with Crippen LogP contribution in [0.5, 0.6) is 0 Å². The van der Waals surface area contributed by atoms with Crippen molar-refractivity contribution in [3.05, 3.63) is 29.8 Å². The van der Waals surface area contributed by atoms with Crippen molar-refractivity contribution in [1.82, 2.24) is 4.90 Å². The summed E-state index contributed by atoms with van der Waals surface area (Å²) in [4.78, 5) is 91.2. The number of esters is 6. The van der Waals surface area contributed by atoms with E-state index in [1.807, 2.05) is 0 Å². The lowest BCUT2D eigenvalue weighted by atomic mass is 9.91. The van der Waals surface area contributed by atoms with Crippen LogP contribution in [0.25, 0.3) is 0 Å². The third kappa shape index (κ3) is 9.76. The Labute approximate surface area is 301 Å². The molecule has 2 aliphatic heterocycles. The zero-order valence-corrected chi connectivity index (χ0v) is 30.0. The Kier molecular flexibility index (Phi) is 14.5. The molecular formula is C35H44N2O15. The molecule has 2 heterocycles. The Balaban J connectivity index is 1.98. The molecule has 2 aliphatic rings. The van der Waals surface area contributed by atoms with Gasteiger partial charge in [0.1, 0.15) is 12.7 Å². The van der Waals surface area contributed by atoms with E-state index in [0.29, 0.717) is 30.8 Å². The second-order valence-corrected chi connectivity index (χ2v) is 11.7. The van der Waals surface area contributed by atoms with E-state index in [2.05, 4.69) is 5.92 Å². The standard InChI is InChI=1S/C35H44N2O15/c1-8-34(52-25(7)41)28(51-30(50-24(6)40)29(34)49-23(5)39)21-48-35(31(42)45-9-2,32(43)46-10-3)20-26-12-14-27(15-13-26)37-17-11-16-36(33(37)44)18-19-47-22(4)38/h1,12-15,28-30H,9-11,16-21H2,2-7H3/t28-,29+,30?,34-/m1/s1. The number of benzene rings is 1. The molecule has 2 saturated heterocycles. The summed E-state index contributed by atoms with van der Waals surface area (Å²) >= 11 is 0. The van der Waals surface area contributed by atoms with Crippen LogP contribution in [0.1, 0.15) is 53.5 Å². The Morgan fingerprint density at radius 3 is 2.02 bits per heavy atom. The lowest BCUT2D eigenvalue weighted by Gasteiger charge is -2.36. The molecule has 0 N–H and O–H groups in total. The Morgan fingerprint density at radius 1 is 0.885 bits per heavy atom. The molecule has 0 aliphatic carbocycles. The van der Waals surface area contributed by atoms with E-state index in [0.717, 1.165) is 20.8 Å². The maximum Gasteiger partial charge on any atom is 0.350 e. The first kappa shape index (κ1) is 41.2. The Morgan fingerprint density at radius 2 is 1.50 bits per heavy atom. The van der Waals surface area contributed by atoms with Crippen molar-refractivity contribution in [2.24, 2.45) is 0 Å². The van der Waals surface area contributed by atoms with Gasteiger partial charge in [-0.1, -0.05) is 18.1 Å². The molecule has 284 valence electrons. The quantitative estimate of drug-likeness (QED) is 0.102. The molecule has 0 radical (unpaired) electrons. The summed E-state index contributed by atoms with van der Waals surface area (Å²) in [5.74, 6) is -3.09. The Bertz CT molecular complexity index is 1520.